The molecule has 0 amide bonds. The predicted molar refractivity (Wildman–Crippen MR) is 76.6 cm³/mol. The Balaban J connectivity index is 2.26. The second kappa shape index (κ2) is 4.30. The zero-order chi connectivity index (χ0) is 12.7. The summed E-state index contributed by atoms with van der Waals surface area (Å²) in [4.78, 5) is 4.39. The number of oxazole rings is 1. The van der Waals surface area contributed by atoms with Crippen molar-refractivity contribution in [3.63, 3.8) is 0 Å². The maximum Gasteiger partial charge on any atom is 0.228 e. The number of nitrogen functional groups attached to an aromatic ring is 1. The third kappa shape index (κ3) is 1.87. The van der Waals surface area contributed by atoms with Crippen LogP contribution in [0, 0.1) is 0 Å². The molecule has 0 unspecified atom stereocenters. The van der Waals surface area contributed by atoms with Crippen molar-refractivity contribution in [2.45, 2.75) is 0 Å². The van der Waals surface area contributed by atoms with Gasteiger partial charge < -0.3 is 10.2 Å². The van der Waals surface area contributed by atoms with E-state index in [0.717, 1.165) is 10.0 Å². The Morgan fingerprint density at radius 3 is 2.83 bits per heavy atom. The third-order valence-electron chi connectivity index (χ3n) is 2.61. The van der Waals surface area contributed by atoms with Gasteiger partial charge in [0.15, 0.2) is 5.58 Å². The summed E-state index contributed by atoms with van der Waals surface area (Å²) in [5.74, 6) is 0.467. The number of hydrogen-bond acceptors (Lipinski definition) is 3. The molecular weight excluding hydrogens is 316 g/mol. The number of benzene rings is 2. The molecule has 0 spiro atoms. The first-order chi connectivity index (χ1) is 8.65. The van der Waals surface area contributed by atoms with Crippen LogP contribution in [0.1, 0.15) is 0 Å². The number of nitrogens with two attached hydrogens (primary N) is 1. The molecule has 1 aromatic heterocycles. The summed E-state index contributed by atoms with van der Waals surface area (Å²) in [7, 11) is 0. The average molecular weight is 324 g/mol. The predicted octanol–water partition coefficient (Wildman–Crippen LogP) is 4.49. The Labute approximate surface area is 117 Å². The summed E-state index contributed by atoms with van der Waals surface area (Å²) in [6.07, 6.45) is 0. The Kier molecular flexibility index (Phi) is 2.76. The minimum Gasteiger partial charge on any atom is -0.436 e. The Morgan fingerprint density at radius 1 is 1.22 bits per heavy atom. The number of fused-ring (bicyclic) bond motifs is 1. The molecule has 0 aliphatic heterocycles. The Hall–Kier alpha value is -1.52. The van der Waals surface area contributed by atoms with Crippen molar-refractivity contribution in [2.75, 3.05) is 5.73 Å². The van der Waals surface area contributed by atoms with Gasteiger partial charge in [-0.2, -0.15) is 0 Å². The zero-order valence-corrected chi connectivity index (χ0v) is 11.5. The Bertz CT molecular complexity index is 739. The molecule has 18 heavy (non-hydrogen) atoms. The maximum atomic E-state index is 6.15. The number of nitrogens with zero attached hydrogens (tertiary/aromatic N) is 1. The van der Waals surface area contributed by atoms with E-state index in [2.05, 4.69) is 20.9 Å². The minimum absolute atomic E-state index is 0.467. The molecule has 0 saturated carbocycles. The number of hydrogen-bond donors (Lipinski definition) is 1. The molecule has 1 heterocycles. The van der Waals surface area contributed by atoms with Crippen LogP contribution in [0.25, 0.3) is 22.6 Å². The molecule has 90 valence electrons. The van der Waals surface area contributed by atoms with Gasteiger partial charge in [-0.05, 0) is 30.3 Å². The number of anilines is 1. The van der Waals surface area contributed by atoms with Crippen LogP contribution >= 0.6 is 27.5 Å². The van der Waals surface area contributed by atoms with Gasteiger partial charge in [0.05, 0.1) is 16.3 Å². The van der Waals surface area contributed by atoms with Crippen molar-refractivity contribution >= 4 is 44.3 Å². The van der Waals surface area contributed by atoms with E-state index in [1.165, 1.54) is 0 Å². The van der Waals surface area contributed by atoms with Crippen LogP contribution in [-0.4, -0.2) is 4.98 Å². The molecule has 0 atom stereocenters. The summed E-state index contributed by atoms with van der Waals surface area (Å²) in [5, 5.41) is 0.586. The number of aromatic nitrogens is 1. The smallest absolute Gasteiger partial charge is 0.228 e. The van der Waals surface area contributed by atoms with E-state index in [0.29, 0.717) is 27.7 Å². The minimum atomic E-state index is 0.467. The molecule has 3 nitrogen and oxygen atoms in total. The highest BCUT2D eigenvalue weighted by Crippen LogP contribution is 2.33. The van der Waals surface area contributed by atoms with E-state index in [1.807, 2.05) is 24.3 Å². The largest absolute Gasteiger partial charge is 0.436 e. The molecule has 0 aliphatic rings. The Morgan fingerprint density at radius 2 is 2.06 bits per heavy atom. The lowest BCUT2D eigenvalue weighted by Gasteiger charge is -1.99. The molecule has 3 rings (SSSR count). The van der Waals surface area contributed by atoms with Crippen LogP contribution in [0.4, 0.5) is 5.69 Å². The van der Waals surface area contributed by atoms with Crippen molar-refractivity contribution in [3.05, 3.63) is 45.9 Å². The van der Waals surface area contributed by atoms with Gasteiger partial charge >= 0.3 is 0 Å². The van der Waals surface area contributed by atoms with Gasteiger partial charge in [0.25, 0.3) is 0 Å². The van der Waals surface area contributed by atoms with E-state index in [4.69, 9.17) is 21.8 Å². The van der Waals surface area contributed by atoms with Gasteiger partial charge in [-0.25, -0.2) is 4.98 Å². The van der Waals surface area contributed by atoms with E-state index < -0.39 is 0 Å². The van der Waals surface area contributed by atoms with Gasteiger partial charge in [0, 0.05) is 4.47 Å². The second-order valence-electron chi connectivity index (χ2n) is 3.84. The summed E-state index contributed by atoms with van der Waals surface area (Å²) in [6.45, 7) is 0. The maximum absolute atomic E-state index is 6.15. The first kappa shape index (κ1) is 11.6. The van der Waals surface area contributed by atoms with Crippen molar-refractivity contribution < 1.29 is 4.42 Å². The SMILES string of the molecule is Nc1cccc2oc(-c3cc(Br)ccc3Cl)nc12. The van der Waals surface area contributed by atoms with E-state index in [9.17, 15) is 0 Å². The van der Waals surface area contributed by atoms with Crippen LogP contribution in [0.3, 0.4) is 0 Å². The summed E-state index contributed by atoms with van der Waals surface area (Å²) in [5.41, 5.74) is 8.49. The van der Waals surface area contributed by atoms with Crippen LogP contribution < -0.4 is 5.73 Å². The second-order valence-corrected chi connectivity index (χ2v) is 5.16. The van der Waals surface area contributed by atoms with Crippen LogP contribution in [0.2, 0.25) is 5.02 Å². The molecule has 2 N–H and O–H groups in total. The topological polar surface area (TPSA) is 52.0 Å². The first-order valence-electron chi connectivity index (χ1n) is 5.25. The standard InChI is InChI=1S/C13H8BrClN2O/c14-7-4-5-9(15)8(6-7)13-17-12-10(16)2-1-3-11(12)18-13/h1-6H,16H2. The molecule has 3 aromatic rings. The molecule has 0 saturated heterocycles. The van der Waals surface area contributed by atoms with Crippen LogP contribution in [-0.2, 0) is 0 Å². The highest BCUT2D eigenvalue weighted by Gasteiger charge is 2.13. The van der Waals surface area contributed by atoms with Gasteiger partial charge in [-0.1, -0.05) is 33.6 Å². The molecule has 0 bridgehead atoms. The van der Waals surface area contributed by atoms with Crippen molar-refractivity contribution in [1.29, 1.82) is 0 Å². The highest BCUT2D eigenvalue weighted by atomic mass is 79.9. The zero-order valence-electron chi connectivity index (χ0n) is 9.15. The van der Waals surface area contributed by atoms with Gasteiger partial charge in [-0.15, -0.1) is 0 Å². The van der Waals surface area contributed by atoms with Crippen LogP contribution in [0.15, 0.2) is 45.3 Å². The molecule has 0 fully saturated rings. The summed E-state index contributed by atoms with van der Waals surface area (Å²) >= 11 is 9.55. The first-order valence-corrected chi connectivity index (χ1v) is 6.43. The number of para-hydroxylation sites is 1. The fraction of sp³-hybridized carbons (Fsp3) is 0. The lowest BCUT2D eigenvalue weighted by molar-refractivity contribution is 0.620. The summed E-state index contributed by atoms with van der Waals surface area (Å²) < 4.78 is 6.59. The summed E-state index contributed by atoms with van der Waals surface area (Å²) in [6, 6.07) is 11.0. The third-order valence-corrected chi connectivity index (χ3v) is 3.43. The monoisotopic (exact) mass is 322 g/mol. The van der Waals surface area contributed by atoms with Gasteiger partial charge in [0.2, 0.25) is 5.89 Å². The van der Waals surface area contributed by atoms with Gasteiger partial charge in [0.1, 0.15) is 5.52 Å². The molecular formula is C13H8BrClN2O. The van der Waals surface area contributed by atoms with Crippen molar-refractivity contribution in [3.8, 4) is 11.5 Å². The van der Waals surface area contributed by atoms with Crippen molar-refractivity contribution in [1.82, 2.24) is 4.98 Å². The normalized spacial score (nSPS) is 11.0. The fourth-order valence-electron chi connectivity index (χ4n) is 1.75. The van der Waals surface area contributed by atoms with Gasteiger partial charge in [-0.3, -0.25) is 0 Å². The molecule has 2 aromatic carbocycles. The highest BCUT2D eigenvalue weighted by molar-refractivity contribution is 9.10. The van der Waals surface area contributed by atoms with E-state index >= 15 is 0 Å². The van der Waals surface area contributed by atoms with Crippen molar-refractivity contribution in [2.24, 2.45) is 0 Å². The molecule has 0 radical (unpaired) electrons. The molecule has 0 aliphatic carbocycles. The fourth-order valence-corrected chi connectivity index (χ4v) is 2.31. The quantitative estimate of drug-likeness (QED) is 0.671. The average Bonchev–Trinajstić information content (AvgIpc) is 2.77. The van der Waals surface area contributed by atoms with Crippen LogP contribution in [0.5, 0.6) is 0 Å². The van der Waals surface area contributed by atoms with E-state index in [-0.39, 0.29) is 0 Å². The van der Waals surface area contributed by atoms with E-state index in [1.54, 1.807) is 12.1 Å². The molecule has 5 heteroatoms. The lowest BCUT2D eigenvalue weighted by atomic mass is 10.2. The number of halogens is 2. The lowest BCUT2D eigenvalue weighted by Crippen LogP contribution is -1.85. The number of rotatable bonds is 1.